The monoisotopic (exact) mass is 344 g/mol. The topological polar surface area (TPSA) is 80.4 Å². The van der Waals surface area contributed by atoms with E-state index in [0.717, 1.165) is 31.3 Å². The molecule has 1 saturated carbocycles. The molecule has 0 spiro atoms. The summed E-state index contributed by atoms with van der Waals surface area (Å²) in [6, 6.07) is 3.95. The molecule has 1 aliphatic heterocycles. The van der Waals surface area contributed by atoms with E-state index < -0.39 is 0 Å². The van der Waals surface area contributed by atoms with E-state index >= 15 is 0 Å². The van der Waals surface area contributed by atoms with Crippen molar-refractivity contribution in [3.8, 4) is 0 Å². The highest BCUT2D eigenvalue weighted by molar-refractivity contribution is 5.35. The summed E-state index contributed by atoms with van der Waals surface area (Å²) in [5.41, 5.74) is 0. The second kappa shape index (κ2) is 7.05. The number of hydrogen-bond donors (Lipinski definition) is 0. The predicted molar refractivity (Wildman–Crippen MR) is 91.3 cm³/mol. The molecule has 134 valence electrons. The number of aromatic nitrogens is 4. The highest BCUT2D eigenvalue weighted by Crippen LogP contribution is 2.38. The fourth-order valence-electron chi connectivity index (χ4n) is 3.18. The zero-order chi connectivity index (χ0) is 17.2. The van der Waals surface area contributed by atoms with Crippen molar-refractivity contribution in [2.75, 3.05) is 38.2 Å². The summed E-state index contributed by atoms with van der Waals surface area (Å²) >= 11 is 0. The zero-order valence-electron chi connectivity index (χ0n) is 14.7. The Balaban J connectivity index is 1.36. The lowest BCUT2D eigenvalue weighted by Crippen LogP contribution is -2.47. The van der Waals surface area contributed by atoms with Gasteiger partial charge in [-0.3, -0.25) is 4.90 Å². The molecule has 0 unspecified atom stereocenters. The Kier molecular flexibility index (Phi) is 4.63. The second-order valence-electron chi connectivity index (χ2n) is 6.89. The van der Waals surface area contributed by atoms with Gasteiger partial charge in [0, 0.05) is 38.8 Å². The summed E-state index contributed by atoms with van der Waals surface area (Å²) in [7, 11) is 2.01. The van der Waals surface area contributed by atoms with Crippen LogP contribution in [0.3, 0.4) is 0 Å². The zero-order valence-corrected chi connectivity index (χ0v) is 14.7. The van der Waals surface area contributed by atoms with Gasteiger partial charge in [0.05, 0.1) is 18.8 Å². The number of ether oxygens (including phenoxy) is 1. The van der Waals surface area contributed by atoms with Gasteiger partial charge in [-0.1, -0.05) is 5.16 Å². The highest BCUT2D eigenvalue weighted by atomic mass is 16.5. The molecule has 8 nitrogen and oxygen atoms in total. The van der Waals surface area contributed by atoms with Gasteiger partial charge in [-0.15, -0.1) is 5.10 Å². The average molecular weight is 344 g/mol. The normalized spacial score (nSPS) is 22.7. The van der Waals surface area contributed by atoms with Gasteiger partial charge in [0.15, 0.2) is 11.6 Å². The van der Waals surface area contributed by atoms with E-state index in [1.807, 2.05) is 19.2 Å². The molecule has 0 bridgehead atoms. The first-order valence-corrected chi connectivity index (χ1v) is 8.88. The summed E-state index contributed by atoms with van der Waals surface area (Å²) in [4.78, 5) is 9.02. The maximum Gasteiger partial charge on any atom is 0.243 e. The van der Waals surface area contributed by atoms with Crippen molar-refractivity contribution in [1.82, 2.24) is 25.2 Å². The first kappa shape index (κ1) is 16.4. The lowest BCUT2D eigenvalue weighted by Gasteiger charge is -2.37. The Morgan fingerprint density at radius 1 is 1.40 bits per heavy atom. The van der Waals surface area contributed by atoms with Gasteiger partial charge in [-0.25, -0.2) is 0 Å². The lowest BCUT2D eigenvalue weighted by molar-refractivity contribution is -0.0408. The van der Waals surface area contributed by atoms with Gasteiger partial charge >= 0.3 is 0 Å². The van der Waals surface area contributed by atoms with Crippen LogP contribution >= 0.6 is 0 Å². The van der Waals surface area contributed by atoms with Crippen LogP contribution in [0.2, 0.25) is 0 Å². The Labute approximate surface area is 147 Å². The van der Waals surface area contributed by atoms with Crippen molar-refractivity contribution < 1.29 is 9.26 Å². The lowest BCUT2D eigenvalue weighted by atomic mass is 10.2. The Bertz CT molecular complexity index is 689. The SMILES string of the molecule is C[C@H](c1nc(C2CC2)no1)N1CCO[C@H](CN(C)c2cccnn2)C1. The third-order valence-corrected chi connectivity index (χ3v) is 4.90. The average Bonchev–Trinajstić information content (AvgIpc) is 3.39. The van der Waals surface area contributed by atoms with E-state index in [1.54, 1.807) is 6.20 Å². The molecular formula is C17H24N6O2. The minimum Gasteiger partial charge on any atom is -0.374 e. The van der Waals surface area contributed by atoms with Crippen LogP contribution in [0.15, 0.2) is 22.9 Å². The third kappa shape index (κ3) is 3.80. The molecule has 2 fully saturated rings. The smallest absolute Gasteiger partial charge is 0.243 e. The molecule has 0 amide bonds. The molecule has 0 aromatic carbocycles. The second-order valence-corrected chi connectivity index (χ2v) is 6.89. The molecule has 25 heavy (non-hydrogen) atoms. The first-order chi connectivity index (χ1) is 12.2. The van der Waals surface area contributed by atoms with Crippen molar-refractivity contribution in [3.05, 3.63) is 30.0 Å². The summed E-state index contributed by atoms with van der Waals surface area (Å²) in [5, 5.41) is 12.2. The standard InChI is InChI=1S/C17H24N6O2/c1-12(17-19-16(21-25-17)13-5-6-13)23-8-9-24-14(11-23)10-22(2)15-4-3-7-18-20-15/h3-4,7,12-14H,5-6,8-11H2,1-2H3/t12-,14-/m1/s1. The van der Waals surface area contributed by atoms with E-state index in [4.69, 9.17) is 9.26 Å². The Morgan fingerprint density at radius 2 is 2.28 bits per heavy atom. The van der Waals surface area contributed by atoms with Crippen LogP contribution in [0.4, 0.5) is 5.82 Å². The molecule has 3 heterocycles. The molecule has 2 aromatic heterocycles. The molecule has 2 aliphatic rings. The molecule has 2 aromatic rings. The van der Waals surface area contributed by atoms with Gasteiger partial charge in [0.2, 0.25) is 5.89 Å². The van der Waals surface area contributed by atoms with Crippen LogP contribution in [0.5, 0.6) is 0 Å². The maximum absolute atomic E-state index is 5.94. The number of morpholine rings is 1. The molecular weight excluding hydrogens is 320 g/mol. The maximum atomic E-state index is 5.94. The van der Waals surface area contributed by atoms with Crippen molar-refractivity contribution in [2.45, 2.75) is 37.8 Å². The van der Waals surface area contributed by atoms with Gasteiger partial charge < -0.3 is 14.2 Å². The fourth-order valence-corrected chi connectivity index (χ4v) is 3.18. The van der Waals surface area contributed by atoms with E-state index in [2.05, 4.69) is 37.1 Å². The molecule has 0 radical (unpaired) electrons. The minimum absolute atomic E-state index is 0.105. The molecule has 0 N–H and O–H groups in total. The van der Waals surface area contributed by atoms with Gasteiger partial charge in [0.1, 0.15) is 0 Å². The van der Waals surface area contributed by atoms with E-state index in [9.17, 15) is 0 Å². The Morgan fingerprint density at radius 3 is 3.04 bits per heavy atom. The molecule has 1 saturated heterocycles. The van der Waals surface area contributed by atoms with Gasteiger partial charge in [0.25, 0.3) is 0 Å². The van der Waals surface area contributed by atoms with E-state index in [0.29, 0.717) is 18.4 Å². The van der Waals surface area contributed by atoms with Crippen LogP contribution in [-0.4, -0.2) is 64.6 Å². The minimum atomic E-state index is 0.105. The van der Waals surface area contributed by atoms with Crippen LogP contribution < -0.4 is 4.90 Å². The summed E-state index contributed by atoms with van der Waals surface area (Å²) in [5.74, 6) is 2.95. The first-order valence-electron chi connectivity index (χ1n) is 8.88. The van der Waals surface area contributed by atoms with E-state index in [-0.39, 0.29) is 12.1 Å². The van der Waals surface area contributed by atoms with E-state index in [1.165, 1.54) is 12.8 Å². The summed E-state index contributed by atoms with van der Waals surface area (Å²) in [6.45, 7) is 5.28. The molecule has 1 aliphatic carbocycles. The molecule has 4 rings (SSSR count). The van der Waals surface area contributed by atoms with Crippen LogP contribution in [0.1, 0.15) is 43.4 Å². The van der Waals surface area contributed by atoms with Crippen LogP contribution in [0.25, 0.3) is 0 Å². The van der Waals surface area contributed by atoms with Gasteiger partial charge in [-0.2, -0.15) is 10.1 Å². The predicted octanol–water partition coefficient (Wildman–Crippen LogP) is 1.64. The Hall–Kier alpha value is -2.06. The van der Waals surface area contributed by atoms with Crippen molar-refractivity contribution in [1.29, 1.82) is 0 Å². The fraction of sp³-hybridized carbons (Fsp3) is 0.647. The summed E-state index contributed by atoms with van der Waals surface area (Å²) in [6.07, 6.45) is 4.15. The largest absolute Gasteiger partial charge is 0.374 e. The number of hydrogen-bond acceptors (Lipinski definition) is 8. The number of anilines is 1. The quantitative estimate of drug-likeness (QED) is 0.782. The number of nitrogens with zero attached hydrogens (tertiary/aromatic N) is 6. The van der Waals surface area contributed by atoms with Crippen LogP contribution in [-0.2, 0) is 4.74 Å². The number of rotatable bonds is 6. The molecule has 2 atom stereocenters. The number of likely N-dealkylation sites (N-methyl/N-ethyl adjacent to an activating group) is 1. The van der Waals surface area contributed by atoms with Crippen molar-refractivity contribution in [3.63, 3.8) is 0 Å². The highest BCUT2D eigenvalue weighted by Gasteiger charge is 2.32. The van der Waals surface area contributed by atoms with Crippen molar-refractivity contribution in [2.24, 2.45) is 0 Å². The third-order valence-electron chi connectivity index (χ3n) is 4.90. The van der Waals surface area contributed by atoms with Crippen LogP contribution in [0, 0.1) is 0 Å². The van der Waals surface area contributed by atoms with Gasteiger partial charge in [-0.05, 0) is 31.9 Å². The van der Waals surface area contributed by atoms with Crippen molar-refractivity contribution >= 4 is 5.82 Å². The molecule has 8 heteroatoms. The summed E-state index contributed by atoms with van der Waals surface area (Å²) < 4.78 is 11.4.